The summed E-state index contributed by atoms with van der Waals surface area (Å²) >= 11 is 0. The number of likely N-dealkylation sites (N-methyl/N-ethyl adjacent to an activating group) is 1. The molecule has 8 nitrogen and oxygen atoms in total. The van der Waals surface area contributed by atoms with Gasteiger partial charge in [0.25, 0.3) is 5.91 Å². The molecule has 1 atom stereocenters. The molecular formula is C18H21N7O. The van der Waals surface area contributed by atoms with E-state index in [1.165, 1.54) is 0 Å². The Labute approximate surface area is 151 Å². The van der Waals surface area contributed by atoms with Crippen molar-refractivity contribution in [2.45, 2.75) is 25.6 Å². The van der Waals surface area contributed by atoms with Crippen LogP contribution in [0.25, 0.3) is 0 Å². The topological polar surface area (TPSA) is 80.9 Å². The molecule has 0 aliphatic carbocycles. The summed E-state index contributed by atoms with van der Waals surface area (Å²) in [5.74, 6) is 0.734. The molecule has 0 radical (unpaired) electrons. The number of anilines is 1. The first-order chi connectivity index (χ1) is 12.7. The molecule has 2 aromatic heterocycles. The van der Waals surface area contributed by atoms with Gasteiger partial charge >= 0.3 is 0 Å². The number of hydrogen-bond donors (Lipinski definition) is 1. The molecule has 1 aliphatic rings. The summed E-state index contributed by atoms with van der Waals surface area (Å²) in [6.07, 6.45) is 6.30. The predicted octanol–water partition coefficient (Wildman–Crippen LogP) is 1.16. The normalized spacial score (nSPS) is 16.8. The van der Waals surface area contributed by atoms with Crippen LogP contribution < -0.4 is 10.2 Å². The number of benzene rings is 1. The highest BCUT2D eigenvalue weighted by atomic mass is 16.2. The fourth-order valence-corrected chi connectivity index (χ4v) is 3.24. The maximum absolute atomic E-state index is 12.5. The Kier molecular flexibility index (Phi) is 4.39. The van der Waals surface area contributed by atoms with Crippen LogP contribution >= 0.6 is 0 Å². The zero-order valence-corrected chi connectivity index (χ0v) is 14.6. The van der Waals surface area contributed by atoms with Gasteiger partial charge in [0.05, 0.1) is 12.7 Å². The number of nitrogens with one attached hydrogen (secondary N) is 1. The molecule has 3 heterocycles. The summed E-state index contributed by atoms with van der Waals surface area (Å²) in [4.78, 5) is 19.0. The van der Waals surface area contributed by atoms with Crippen molar-refractivity contribution < 1.29 is 4.79 Å². The zero-order valence-electron chi connectivity index (χ0n) is 14.6. The number of fused-ring (bicyclic) bond motifs is 1. The summed E-state index contributed by atoms with van der Waals surface area (Å²) < 4.78 is 3.78. The Hall–Kier alpha value is -3.16. The van der Waals surface area contributed by atoms with E-state index in [1.54, 1.807) is 17.1 Å². The van der Waals surface area contributed by atoms with Gasteiger partial charge in [-0.2, -0.15) is 0 Å². The molecule has 0 bridgehead atoms. The molecule has 0 saturated heterocycles. The molecule has 1 N–H and O–H groups in total. The first kappa shape index (κ1) is 16.3. The maximum atomic E-state index is 12.5. The molecule has 8 heteroatoms. The number of imidazole rings is 1. The minimum atomic E-state index is -0.192. The van der Waals surface area contributed by atoms with Gasteiger partial charge in [-0.1, -0.05) is 35.5 Å². The lowest BCUT2D eigenvalue weighted by molar-refractivity contribution is 0.0931. The highest BCUT2D eigenvalue weighted by molar-refractivity contribution is 5.92. The quantitative estimate of drug-likeness (QED) is 0.763. The van der Waals surface area contributed by atoms with Gasteiger partial charge in [0.1, 0.15) is 0 Å². The number of rotatable bonds is 4. The summed E-state index contributed by atoms with van der Waals surface area (Å²) in [5, 5.41) is 11.2. The van der Waals surface area contributed by atoms with E-state index in [0.717, 1.165) is 24.5 Å². The molecule has 0 spiro atoms. The lowest BCUT2D eigenvalue weighted by Gasteiger charge is -2.21. The van der Waals surface area contributed by atoms with Crippen molar-refractivity contribution >= 4 is 11.9 Å². The Balaban J connectivity index is 1.39. The third-order valence-corrected chi connectivity index (χ3v) is 4.54. The Bertz CT molecular complexity index is 886. The molecule has 26 heavy (non-hydrogen) atoms. The maximum Gasteiger partial charge on any atom is 0.273 e. The van der Waals surface area contributed by atoms with Gasteiger partial charge in [-0.15, -0.1) is 5.10 Å². The fraction of sp³-hybridized carbons (Fsp3) is 0.333. The van der Waals surface area contributed by atoms with Crippen molar-refractivity contribution in [3.63, 3.8) is 0 Å². The van der Waals surface area contributed by atoms with E-state index >= 15 is 0 Å². The molecule has 4 rings (SSSR count). The molecule has 1 amide bonds. The molecule has 1 aliphatic heterocycles. The fourth-order valence-electron chi connectivity index (χ4n) is 3.24. The second kappa shape index (κ2) is 6.99. The van der Waals surface area contributed by atoms with E-state index in [0.29, 0.717) is 18.8 Å². The molecule has 134 valence electrons. The third kappa shape index (κ3) is 3.44. The zero-order chi connectivity index (χ0) is 17.9. The van der Waals surface area contributed by atoms with Crippen molar-refractivity contribution in [3.8, 4) is 0 Å². The van der Waals surface area contributed by atoms with Gasteiger partial charge < -0.3 is 14.8 Å². The van der Waals surface area contributed by atoms with Crippen molar-refractivity contribution in [2.75, 3.05) is 18.5 Å². The molecule has 1 aromatic carbocycles. The van der Waals surface area contributed by atoms with Crippen molar-refractivity contribution in [1.29, 1.82) is 0 Å². The summed E-state index contributed by atoms with van der Waals surface area (Å²) in [6, 6.07) is 10.0. The van der Waals surface area contributed by atoms with Crippen molar-refractivity contribution in [3.05, 3.63) is 60.2 Å². The van der Waals surface area contributed by atoms with Gasteiger partial charge in [-0.3, -0.25) is 4.79 Å². The average Bonchev–Trinajstić information content (AvgIpc) is 3.27. The van der Waals surface area contributed by atoms with Gasteiger partial charge in [0, 0.05) is 38.6 Å². The third-order valence-electron chi connectivity index (χ3n) is 4.54. The highest BCUT2D eigenvalue weighted by Gasteiger charge is 2.23. The summed E-state index contributed by atoms with van der Waals surface area (Å²) in [5.41, 5.74) is 1.45. The van der Waals surface area contributed by atoms with Crippen LogP contribution in [0.5, 0.6) is 0 Å². The van der Waals surface area contributed by atoms with Crippen LogP contribution in [0.4, 0.5) is 5.95 Å². The highest BCUT2D eigenvalue weighted by Crippen LogP contribution is 2.16. The first-order valence-electron chi connectivity index (χ1n) is 8.66. The largest absolute Gasteiger partial charge is 0.346 e. The second-order valence-corrected chi connectivity index (χ2v) is 6.55. The summed E-state index contributed by atoms with van der Waals surface area (Å²) in [7, 11) is 1.99. The van der Waals surface area contributed by atoms with Crippen LogP contribution in [-0.2, 0) is 13.1 Å². The van der Waals surface area contributed by atoms with Crippen LogP contribution in [0.15, 0.2) is 48.9 Å². The van der Waals surface area contributed by atoms with Gasteiger partial charge in [-0.05, 0) is 12.0 Å². The number of nitrogens with zero attached hydrogens (tertiary/aromatic N) is 6. The van der Waals surface area contributed by atoms with Crippen LogP contribution in [0, 0.1) is 0 Å². The predicted molar refractivity (Wildman–Crippen MR) is 96.9 cm³/mol. The monoisotopic (exact) mass is 351 g/mol. The van der Waals surface area contributed by atoms with Crippen LogP contribution in [0.1, 0.15) is 22.5 Å². The van der Waals surface area contributed by atoms with Gasteiger partial charge in [-0.25, -0.2) is 9.67 Å². The number of aryl methyl sites for hydroxylation is 1. The minimum Gasteiger partial charge on any atom is -0.346 e. The van der Waals surface area contributed by atoms with E-state index in [1.807, 2.05) is 43.6 Å². The summed E-state index contributed by atoms with van der Waals surface area (Å²) in [6.45, 7) is 2.13. The molecule has 0 fully saturated rings. The van der Waals surface area contributed by atoms with E-state index in [2.05, 4.69) is 30.1 Å². The van der Waals surface area contributed by atoms with Crippen LogP contribution in [-0.4, -0.2) is 50.1 Å². The first-order valence-corrected chi connectivity index (χ1v) is 8.66. The van der Waals surface area contributed by atoms with E-state index in [9.17, 15) is 4.79 Å². The van der Waals surface area contributed by atoms with Crippen molar-refractivity contribution in [2.24, 2.45) is 0 Å². The van der Waals surface area contributed by atoms with Crippen LogP contribution in [0.2, 0.25) is 0 Å². The second-order valence-electron chi connectivity index (χ2n) is 6.55. The number of carbonyl (C=O) groups is 1. The van der Waals surface area contributed by atoms with Gasteiger partial charge in [0.15, 0.2) is 5.69 Å². The number of hydrogen-bond acceptors (Lipinski definition) is 5. The number of carbonyl (C=O) groups excluding carboxylic acids is 1. The molecule has 3 aromatic rings. The Morgan fingerprint density at radius 1 is 1.31 bits per heavy atom. The molecular weight excluding hydrogens is 330 g/mol. The number of aromatic nitrogens is 5. The Morgan fingerprint density at radius 3 is 3.00 bits per heavy atom. The van der Waals surface area contributed by atoms with Crippen molar-refractivity contribution in [1.82, 2.24) is 29.9 Å². The lowest BCUT2D eigenvalue weighted by atomic mass is 10.2. The van der Waals surface area contributed by atoms with Gasteiger partial charge in [0.2, 0.25) is 5.95 Å². The molecule has 0 saturated carbocycles. The smallest absolute Gasteiger partial charge is 0.273 e. The number of amides is 1. The van der Waals surface area contributed by atoms with E-state index in [4.69, 9.17) is 0 Å². The van der Waals surface area contributed by atoms with E-state index < -0.39 is 0 Å². The Morgan fingerprint density at radius 2 is 2.15 bits per heavy atom. The average molecular weight is 351 g/mol. The van der Waals surface area contributed by atoms with E-state index in [-0.39, 0.29) is 11.9 Å². The SMILES string of the molecule is CN1CC(NC(=O)c2cn(Cc3ccccc3)nn2)CCn2ccnc21. The van der Waals surface area contributed by atoms with Crippen LogP contribution in [0.3, 0.4) is 0 Å². The minimum absolute atomic E-state index is 0.0356. The lowest BCUT2D eigenvalue weighted by Crippen LogP contribution is -2.42. The molecule has 1 unspecified atom stereocenters. The standard InChI is InChI=1S/C18H21N7O/c1-23-12-15(7-9-24-10-8-19-18(23)24)20-17(26)16-13-25(22-21-16)11-14-5-3-2-4-6-14/h2-6,8,10,13,15H,7,9,11-12H2,1H3,(H,20,26).